The molecule has 0 amide bonds. The van der Waals surface area contributed by atoms with Crippen LogP contribution < -0.4 is 0 Å². The smallest absolute Gasteiger partial charge is 0.258 e. The van der Waals surface area contributed by atoms with Gasteiger partial charge in [0.1, 0.15) is 16.6 Å². The third kappa shape index (κ3) is 1.97. The van der Waals surface area contributed by atoms with Gasteiger partial charge in [0.25, 0.3) is 5.69 Å². The molecule has 0 N–H and O–H groups in total. The third-order valence-corrected chi connectivity index (χ3v) is 3.11. The Morgan fingerprint density at radius 2 is 2.06 bits per heavy atom. The van der Waals surface area contributed by atoms with Crippen molar-refractivity contribution in [2.45, 2.75) is 12.8 Å². The molecule has 1 aromatic carbocycles. The maximum absolute atomic E-state index is 10.9. The second-order valence-electron chi connectivity index (χ2n) is 3.92. The maximum atomic E-state index is 10.9. The van der Waals surface area contributed by atoms with Gasteiger partial charge in [-0.15, -0.1) is 0 Å². The molecule has 0 radical (unpaired) electrons. The van der Waals surface area contributed by atoms with E-state index >= 15 is 0 Å². The molecule has 0 aliphatic heterocycles. The molecule has 2 aromatic rings. The first-order valence-electron chi connectivity index (χ1n) is 5.16. The van der Waals surface area contributed by atoms with E-state index in [9.17, 15) is 10.1 Å². The first-order chi connectivity index (χ1) is 8.24. The van der Waals surface area contributed by atoms with Crippen LogP contribution in [-0.4, -0.2) is 13.7 Å². The molecule has 3 rings (SSSR count). The molecule has 1 fully saturated rings. The number of nitro groups is 1. The maximum Gasteiger partial charge on any atom is 0.287 e. The highest BCUT2D eigenvalue weighted by molar-refractivity contribution is 7.00. The molecule has 1 saturated carbocycles. The van der Waals surface area contributed by atoms with Crippen molar-refractivity contribution in [3.63, 3.8) is 0 Å². The number of hydrogen-bond acceptors (Lipinski definition) is 5. The molecule has 84 valence electrons. The second kappa shape index (κ2) is 3.79. The van der Waals surface area contributed by atoms with Gasteiger partial charge in [-0.25, -0.2) is 0 Å². The van der Waals surface area contributed by atoms with E-state index < -0.39 is 4.92 Å². The summed E-state index contributed by atoms with van der Waals surface area (Å²) >= 11 is 1.05. The van der Waals surface area contributed by atoms with Gasteiger partial charge in [0.15, 0.2) is 0 Å². The van der Waals surface area contributed by atoms with Crippen LogP contribution in [0.5, 0.6) is 0 Å². The quantitative estimate of drug-likeness (QED) is 0.439. The first-order valence-corrected chi connectivity index (χ1v) is 5.89. The zero-order chi connectivity index (χ0) is 11.8. The van der Waals surface area contributed by atoms with Crippen molar-refractivity contribution in [3.8, 4) is 11.8 Å². The molecule has 1 heterocycles. The van der Waals surface area contributed by atoms with Crippen molar-refractivity contribution in [1.82, 2.24) is 8.75 Å². The molecular weight excluding hydrogens is 238 g/mol. The van der Waals surface area contributed by atoms with Crippen molar-refractivity contribution < 1.29 is 4.92 Å². The normalized spacial score (nSPS) is 14.4. The summed E-state index contributed by atoms with van der Waals surface area (Å²) in [6, 6.07) is 3.09. The Kier molecular flexibility index (Phi) is 2.27. The Bertz CT molecular complexity index is 664. The molecular formula is C11H7N3O2S. The summed E-state index contributed by atoms with van der Waals surface area (Å²) in [4.78, 5) is 10.5. The Morgan fingerprint density at radius 1 is 1.35 bits per heavy atom. The Balaban J connectivity index is 2.15. The summed E-state index contributed by atoms with van der Waals surface area (Å²) in [5, 5.41) is 10.9. The number of benzene rings is 1. The molecule has 1 aliphatic rings. The highest BCUT2D eigenvalue weighted by atomic mass is 32.1. The molecule has 0 bridgehead atoms. The van der Waals surface area contributed by atoms with E-state index in [-0.39, 0.29) is 5.69 Å². The Labute approximate surface area is 101 Å². The average molecular weight is 245 g/mol. The Morgan fingerprint density at radius 3 is 2.71 bits per heavy atom. The SMILES string of the molecule is O=[N+]([O-])c1cc2nsnc2cc1C#CC1CC1. The largest absolute Gasteiger partial charge is 0.287 e. The third-order valence-electron chi connectivity index (χ3n) is 2.56. The molecule has 6 heteroatoms. The van der Waals surface area contributed by atoms with Gasteiger partial charge in [-0.1, -0.05) is 11.8 Å². The van der Waals surface area contributed by atoms with Crippen LogP contribution in [0.4, 0.5) is 5.69 Å². The fraction of sp³-hybridized carbons (Fsp3) is 0.273. The summed E-state index contributed by atoms with van der Waals surface area (Å²) in [6.45, 7) is 0. The van der Waals surface area contributed by atoms with Crippen LogP contribution in [-0.2, 0) is 0 Å². The molecule has 1 aliphatic carbocycles. The molecule has 17 heavy (non-hydrogen) atoms. The molecule has 0 saturated heterocycles. The van der Waals surface area contributed by atoms with Crippen LogP contribution in [0.2, 0.25) is 0 Å². The van der Waals surface area contributed by atoms with Crippen LogP contribution in [0.1, 0.15) is 18.4 Å². The number of nitro benzene ring substituents is 1. The number of rotatable bonds is 1. The topological polar surface area (TPSA) is 68.9 Å². The molecule has 0 atom stereocenters. The van der Waals surface area contributed by atoms with E-state index in [0.717, 1.165) is 24.6 Å². The van der Waals surface area contributed by atoms with E-state index in [4.69, 9.17) is 0 Å². The van der Waals surface area contributed by atoms with Gasteiger partial charge in [-0.2, -0.15) is 8.75 Å². The highest BCUT2D eigenvalue weighted by Gasteiger charge is 2.19. The predicted molar refractivity (Wildman–Crippen MR) is 63.7 cm³/mol. The average Bonchev–Trinajstić information content (AvgIpc) is 3.02. The van der Waals surface area contributed by atoms with Crippen molar-refractivity contribution in [1.29, 1.82) is 0 Å². The summed E-state index contributed by atoms with van der Waals surface area (Å²) in [5.74, 6) is 6.33. The van der Waals surface area contributed by atoms with E-state index in [0.29, 0.717) is 22.5 Å². The lowest BCUT2D eigenvalue weighted by Crippen LogP contribution is -1.92. The van der Waals surface area contributed by atoms with Gasteiger partial charge in [-0.05, 0) is 18.9 Å². The van der Waals surface area contributed by atoms with Gasteiger partial charge in [0.2, 0.25) is 0 Å². The molecule has 1 aromatic heterocycles. The fourth-order valence-electron chi connectivity index (χ4n) is 1.48. The zero-order valence-electron chi connectivity index (χ0n) is 8.71. The van der Waals surface area contributed by atoms with Gasteiger partial charge in [0, 0.05) is 12.0 Å². The number of nitrogens with zero attached hydrogens (tertiary/aromatic N) is 3. The lowest BCUT2D eigenvalue weighted by Gasteiger charge is -1.94. The van der Waals surface area contributed by atoms with Crippen molar-refractivity contribution in [3.05, 3.63) is 27.8 Å². The molecule has 0 spiro atoms. The van der Waals surface area contributed by atoms with Gasteiger partial charge in [0.05, 0.1) is 16.7 Å². The van der Waals surface area contributed by atoms with Gasteiger partial charge in [-0.3, -0.25) is 10.1 Å². The summed E-state index contributed by atoms with van der Waals surface area (Å²) in [5.41, 5.74) is 1.67. The van der Waals surface area contributed by atoms with Crippen molar-refractivity contribution in [2.75, 3.05) is 0 Å². The number of fused-ring (bicyclic) bond motifs is 1. The minimum atomic E-state index is -0.421. The van der Waals surface area contributed by atoms with E-state index in [1.165, 1.54) is 6.07 Å². The minimum Gasteiger partial charge on any atom is -0.258 e. The first kappa shape index (κ1) is 10.2. The predicted octanol–water partition coefficient (Wildman–Crippen LogP) is 2.36. The highest BCUT2D eigenvalue weighted by Crippen LogP contribution is 2.29. The van der Waals surface area contributed by atoms with Crippen LogP contribution in [0.25, 0.3) is 11.0 Å². The summed E-state index contributed by atoms with van der Waals surface area (Å²) in [6.07, 6.45) is 2.20. The van der Waals surface area contributed by atoms with E-state index in [1.807, 2.05) is 0 Å². The fourth-order valence-corrected chi connectivity index (χ4v) is 1.99. The standard InChI is InChI=1S/C11H7N3O2S/c15-14(16)11-6-10-9(12-17-13-10)5-8(11)4-3-7-1-2-7/h5-7H,1-2H2. The second-order valence-corrected chi connectivity index (χ2v) is 4.45. The minimum absolute atomic E-state index is 0.0124. The van der Waals surface area contributed by atoms with Gasteiger partial charge >= 0.3 is 0 Å². The Hall–Kier alpha value is -2.00. The monoisotopic (exact) mass is 245 g/mol. The van der Waals surface area contributed by atoms with Crippen molar-refractivity contribution in [2.24, 2.45) is 5.92 Å². The molecule has 0 unspecified atom stereocenters. The summed E-state index contributed by atoms with van der Waals surface area (Å²) in [7, 11) is 0. The lowest BCUT2D eigenvalue weighted by atomic mass is 10.1. The van der Waals surface area contributed by atoms with Gasteiger partial charge < -0.3 is 0 Å². The van der Waals surface area contributed by atoms with Crippen LogP contribution in [0.3, 0.4) is 0 Å². The lowest BCUT2D eigenvalue weighted by molar-refractivity contribution is -0.385. The number of hydrogen-bond donors (Lipinski definition) is 0. The number of aromatic nitrogens is 2. The van der Waals surface area contributed by atoms with Crippen LogP contribution in [0.15, 0.2) is 12.1 Å². The zero-order valence-corrected chi connectivity index (χ0v) is 9.53. The van der Waals surface area contributed by atoms with Crippen molar-refractivity contribution >= 4 is 28.4 Å². The van der Waals surface area contributed by atoms with E-state index in [2.05, 4.69) is 20.6 Å². The van der Waals surface area contributed by atoms with Crippen LogP contribution in [0, 0.1) is 27.9 Å². The molecule has 5 nitrogen and oxygen atoms in total. The van der Waals surface area contributed by atoms with Crippen LogP contribution >= 0.6 is 11.7 Å². The summed E-state index contributed by atoms with van der Waals surface area (Å²) < 4.78 is 8.05. The van der Waals surface area contributed by atoms with E-state index in [1.54, 1.807) is 6.07 Å².